The van der Waals surface area contributed by atoms with Crippen LogP contribution in [0.4, 0.5) is 9.80 Å². The number of nitrogens with one attached hydrogen (secondary N) is 2. The summed E-state index contributed by atoms with van der Waals surface area (Å²) in [6.07, 6.45) is 3.06. The summed E-state index contributed by atoms with van der Waals surface area (Å²) in [5, 5.41) is 1.84. The first-order valence-electron chi connectivity index (χ1n) is 13.8. The number of amides is 1. The fourth-order valence-electron chi connectivity index (χ4n) is 4.51. The Morgan fingerprint density at radius 2 is 1.81 bits per heavy atom. The molecule has 42 heavy (non-hydrogen) atoms. The third-order valence-corrected chi connectivity index (χ3v) is 8.89. The lowest BCUT2D eigenvalue weighted by Gasteiger charge is -2.11. The van der Waals surface area contributed by atoms with E-state index in [1.54, 1.807) is 0 Å². The van der Waals surface area contributed by atoms with Crippen molar-refractivity contribution in [1.29, 1.82) is 0 Å². The molecule has 2 heterocycles. The van der Waals surface area contributed by atoms with Crippen LogP contribution in [0.1, 0.15) is 54.5 Å². The molecular formula is C31H36N4O5S2. The van der Waals surface area contributed by atoms with E-state index in [1.165, 1.54) is 18.4 Å². The predicted molar refractivity (Wildman–Crippen MR) is 168 cm³/mol. The molecule has 0 unspecified atom stereocenters. The number of anilines is 1. The Labute approximate surface area is 251 Å². The van der Waals surface area contributed by atoms with Crippen LogP contribution in [0.5, 0.6) is 5.88 Å². The first kappa shape index (κ1) is 31.0. The number of hydrogen-bond acceptors (Lipinski definition) is 7. The molecule has 4 aromatic rings. The van der Waals surface area contributed by atoms with Crippen molar-refractivity contribution in [2.75, 3.05) is 18.4 Å². The lowest BCUT2D eigenvalue weighted by Crippen LogP contribution is -2.34. The Morgan fingerprint density at radius 1 is 1.10 bits per heavy atom. The fourth-order valence-corrected chi connectivity index (χ4v) is 6.89. The molecule has 0 aliphatic rings. The quantitative estimate of drug-likeness (QED) is 0.130. The molecule has 0 radical (unpaired) electrons. The second-order valence-corrected chi connectivity index (χ2v) is 13.0. The summed E-state index contributed by atoms with van der Waals surface area (Å²) in [7, 11) is -2.79. The molecule has 0 spiro atoms. The summed E-state index contributed by atoms with van der Waals surface area (Å²) in [6.45, 7) is 6.83. The Bertz CT molecular complexity index is 1630. The van der Waals surface area contributed by atoms with Crippen LogP contribution in [0.3, 0.4) is 0 Å². The lowest BCUT2D eigenvalue weighted by atomic mass is 10.0. The Kier molecular flexibility index (Phi) is 10.2. The number of nitrogens with zero attached hydrogens (tertiary/aromatic N) is 2. The third kappa shape index (κ3) is 7.27. The van der Waals surface area contributed by atoms with Crippen molar-refractivity contribution in [1.82, 2.24) is 14.9 Å². The van der Waals surface area contributed by atoms with Gasteiger partial charge in [-0.25, -0.2) is 0 Å². The van der Waals surface area contributed by atoms with Gasteiger partial charge in [0.25, 0.3) is 0 Å². The Balaban J connectivity index is 1.65. The zero-order valence-corrected chi connectivity index (χ0v) is 25.8. The summed E-state index contributed by atoms with van der Waals surface area (Å²) in [5.41, 5.74) is 3.61. The number of sulfonamides is 1. The highest BCUT2D eigenvalue weighted by molar-refractivity contribution is 8.07. The average molecular weight is 609 g/mol. The van der Waals surface area contributed by atoms with E-state index in [4.69, 9.17) is 4.74 Å². The third-order valence-electron chi connectivity index (χ3n) is 6.58. The normalized spacial score (nSPS) is 11.5. The van der Waals surface area contributed by atoms with Gasteiger partial charge in [-0.1, -0.05) is 81.8 Å². The van der Waals surface area contributed by atoms with Crippen molar-refractivity contribution < 1.29 is 22.7 Å². The molecule has 2 N–H and O–H groups in total. The number of hydrogen-bond donors (Lipinski definition) is 2. The van der Waals surface area contributed by atoms with Gasteiger partial charge < -0.3 is 14.6 Å². The minimum absolute atomic E-state index is 0.257. The highest BCUT2D eigenvalue weighted by Crippen LogP contribution is 2.38. The topological polar surface area (TPSA) is 119 Å². The molecule has 11 heteroatoms. The number of thiophene rings is 1. The van der Waals surface area contributed by atoms with Gasteiger partial charge in [-0.3, -0.25) is 14.3 Å². The summed E-state index contributed by atoms with van der Waals surface area (Å²) >= 11 is 1.34. The first-order valence-corrected chi connectivity index (χ1v) is 16.1. The molecule has 0 fully saturated rings. The van der Waals surface area contributed by atoms with Crippen molar-refractivity contribution >= 4 is 37.9 Å². The van der Waals surface area contributed by atoms with Crippen LogP contribution in [-0.4, -0.2) is 43.1 Å². The predicted octanol–water partition coefficient (Wildman–Crippen LogP) is 6.60. The van der Waals surface area contributed by atoms with Gasteiger partial charge in [-0.05, 0) is 36.0 Å². The smallest absolute Gasteiger partial charge is 0.357 e. The van der Waals surface area contributed by atoms with Gasteiger partial charge in [-0.2, -0.15) is 13.4 Å². The molecule has 0 saturated carbocycles. The molecule has 0 aliphatic heterocycles. The number of aromatic nitrogens is 2. The maximum atomic E-state index is 12.8. The molecule has 2 aromatic carbocycles. The van der Waals surface area contributed by atoms with E-state index in [1.807, 2.05) is 72.2 Å². The van der Waals surface area contributed by atoms with E-state index >= 15 is 0 Å². The number of benzene rings is 2. The van der Waals surface area contributed by atoms with E-state index < -0.39 is 15.3 Å². The van der Waals surface area contributed by atoms with Crippen LogP contribution < -0.4 is 14.8 Å². The molecular weight excluding hydrogens is 572 g/mol. The second kappa shape index (κ2) is 13.8. The lowest BCUT2D eigenvalue weighted by molar-refractivity contribution is 0.111. The number of carbonyl (C=O) groups excluding carboxylic acids is 2. The highest BCUT2D eigenvalue weighted by Gasteiger charge is 2.25. The molecule has 9 nitrogen and oxygen atoms in total. The van der Waals surface area contributed by atoms with Gasteiger partial charge in [0.15, 0.2) is 6.29 Å². The maximum absolute atomic E-state index is 12.8. The van der Waals surface area contributed by atoms with Gasteiger partial charge >= 0.3 is 15.3 Å². The number of unbranched alkanes of at least 4 members (excludes halogenated alkanes) is 1. The molecule has 0 saturated heterocycles. The average Bonchev–Trinajstić information content (AvgIpc) is 3.53. The van der Waals surface area contributed by atoms with E-state index in [0.29, 0.717) is 47.5 Å². The van der Waals surface area contributed by atoms with Crippen LogP contribution >= 0.6 is 11.3 Å². The van der Waals surface area contributed by atoms with Crippen LogP contribution in [-0.2, 0) is 23.0 Å². The number of imidazole rings is 1. The highest BCUT2D eigenvalue weighted by atomic mass is 32.2. The number of rotatable bonds is 13. The molecule has 0 atom stereocenters. The van der Waals surface area contributed by atoms with Gasteiger partial charge in [0.2, 0.25) is 5.88 Å². The second-order valence-electron chi connectivity index (χ2n) is 10.3. The minimum Gasteiger partial charge on any atom is -0.479 e. The van der Waals surface area contributed by atoms with Crippen LogP contribution in [0, 0.1) is 5.92 Å². The molecule has 0 bridgehead atoms. The van der Waals surface area contributed by atoms with Gasteiger partial charge in [0.05, 0.1) is 7.11 Å². The van der Waals surface area contributed by atoms with Crippen molar-refractivity contribution in [2.45, 2.75) is 46.6 Å². The summed E-state index contributed by atoms with van der Waals surface area (Å²) < 4.78 is 35.4. The van der Waals surface area contributed by atoms with E-state index in [2.05, 4.69) is 28.9 Å². The Hall–Kier alpha value is -3.96. The summed E-state index contributed by atoms with van der Waals surface area (Å²) in [6, 6.07) is 19.2. The fraction of sp³-hybridized carbons (Fsp3) is 0.323. The summed E-state index contributed by atoms with van der Waals surface area (Å²) in [5.74, 6) is 1.24. The van der Waals surface area contributed by atoms with Crippen molar-refractivity contribution in [3.05, 3.63) is 76.8 Å². The van der Waals surface area contributed by atoms with Crippen LogP contribution in [0.15, 0.2) is 60.7 Å². The van der Waals surface area contributed by atoms with Crippen molar-refractivity contribution in [3.8, 4) is 28.4 Å². The first-order chi connectivity index (χ1) is 20.2. The van der Waals surface area contributed by atoms with Gasteiger partial charge in [-0.15, -0.1) is 11.3 Å². The number of ether oxygens (including phenoxy) is 1. The van der Waals surface area contributed by atoms with E-state index in [9.17, 15) is 18.0 Å². The van der Waals surface area contributed by atoms with E-state index in [0.717, 1.165) is 40.7 Å². The molecule has 2 aromatic heterocycles. The summed E-state index contributed by atoms with van der Waals surface area (Å²) in [4.78, 5) is 30.0. The molecule has 1 amide bonds. The molecule has 4 rings (SSSR count). The number of carbonyl (C=O) groups is 2. The number of aldehydes is 1. The van der Waals surface area contributed by atoms with Crippen LogP contribution in [0.2, 0.25) is 0 Å². The number of methoxy groups -OCH3 is 1. The van der Waals surface area contributed by atoms with Crippen LogP contribution in [0.25, 0.3) is 22.5 Å². The zero-order valence-electron chi connectivity index (χ0n) is 24.2. The minimum atomic E-state index is -4.27. The molecule has 0 aliphatic carbocycles. The maximum Gasteiger partial charge on any atom is 0.357 e. The van der Waals surface area contributed by atoms with Gasteiger partial charge in [0, 0.05) is 29.1 Å². The van der Waals surface area contributed by atoms with Gasteiger partial charge in [0.1, 0.15) is 16.5 Å². The van der Waals surface area contributed by atoms with E-state index in [-0.39, 0.29) is 5.88 Å². The van der Waals surface area contributed by atoms with Crippen molar-refractivity contribution in [2.24, 2.45) is 5.92 Å². The monoisotopic (exact) mass is 608 g/mol. The largest absolute Gasteiger partial charge is 0.479 e. The Morgan fingerprint density at radius 3 is 2.43 bits per heavy atom. The zero-order chi connectivity index (χ0) is 30.3. The van der Waals surface area contributed by atoms with Crippen molar-refractivity contribution in [3.63, 3.8) is 0 Å². The molecule has 222 valence electrons. The standard InChI is InChI=1S/C31H36N4O5S2/c1-5-6-16-32-31(37)42(38,39)34-30-26(18-25(41-30)17-21(2)3)23-14-12-22(13-15-23)19-35-27(20-36)29(40-4)33-28(35)24-10-8-7-9-11-24/h7-15,18,20-21,34H,5-6,16-17,19H2,1-4H3,(H,32,37). The SMILES string of the molecule is CCCCNC(=O)S(=O)(=O)Nc1sc(CC(C)C)cc1-c1ccc(Cn2c(-c3ccccc3)nc(OC)c2C=O)cc1.